The van der Waals surface area contributed by atoms with Crippen LogP contribution in [0.2, 0.25) is 0 Å². The van der Waals surface area contributed by atoms with Gasteiger partial charge in [0.2, 0.25) is 5.91 Å². The van der Waals surface area contributed by atoms with Gasteiger partial charge in [-0.15, -0.1) is 0 Å². The lowest BCUT2D eigenvalue weighted by Gasteiger charge is -2.28. The first kappa shape index (κ1) is 20.5. The standard InChI is InChI=1S/C19H25N3O5S/c1-19(25,14-5-3-2-4-6-14)10-11-20-18(24)16-7-8-17(23)22(21-16)15-9-12-28(26,27)13-15/h2-6,15,25H,7-13H2,1H3,(H,20,24). The van der Waals surface area contributed by atoms with Crippen molar-refractivity contribution in [2.75, 3.05) is 18.1 Å². The van der Waals surface area contributed by atoms with Gasteiger partial charge in [-0.05, 0) is 25.3 Å². The van der Waals surface area contributed by atoms with E-state index in [1.807, 2.05) is 30.3 Å². The maximum atomic E-state index is 12.4. The predicted octanol–water partition coefficient (Wildman–Crippen LogP) is 0.566. The van der Waals surface area contributed by atoms with Crippen LogP contribution >= 0.6 is 0 Å². The number of rotatable bonds is 6. The largest absolute Gasteiger partial charge is 0.385 e. The first-order chi connectivity index (χ1) is 13.2. The molecule has 2 N–H and O–H groups in total. The molecule has 9 heteroatoms. The monoisotopic (exact) mass is 407 g/mol. The quantitative estimate of drug-likeness (QED) is 0.715. The molecule has 0 spiro atoms. The summed E-state index contributed by atoms with van der Waals surface area (Å²) in [5.41, 5.74) is -0.106. The normalized spacial score (nSPS) is 23.8. The second-order valence-electron chi connectivity index (χ2n) is 7.49. The van der Waals surface area contributed by atoms with Gasteiger partial charge in [0.1, 0.15) is 5.71 Å². The van der Waals surface area contributed by atoms with Crippen molar-refractivity contribution in [1.29, 1.82) is 0 Å². The summed E-state index contributed by atoms with van der Waals surface area (Å²) in [6, 6.07) is 8.70. The fraction of sp³-hybridized carbons (Fsp3) is 0.526. The molecule has 0 aliphatic carbocycles. The number of sulfone groups is 1. The molecule has 3 rings (SSSR count). The van der Waals surface area contributed by atoms with E-state index < -0.39 is 27.4 Å². The van der Waals surface area contributed by atoms with Crippen LogP contribution in [0.5, 0.6) is 0 Å². The predicted molar refractivity (Wildman–Crippen MR) is 104 cm³/mol. The molecule has 1 aromatic carbocycles. The molecule has 1 fully saturated rings. The summed E-state index contributed by atoms with van der Waals surface area (Å²) in [4.78, 5) is 24.6. The van der Waals surface area contributed by atoms with Crippen LogP contribution in [-0.4, -0.2) is 60.2 Å². The number of amides is 2. The van der Waals surface area contributed by atoms with E-state index in [1.165, 1.54) is 5.01 Å². The number of nitrogens with one attached hydrogen (secondary N) is 1. The molecule has 2 unspecified atom stereocenters. The van der Waals surface area contributed by atoms with E-state index in [4.69, 9.17) is 0 Å². The molecule has 2 amide bonds. The molecule has 2 atom stereocenters. The Bertz CT molecular complexity index is 880. The van der Waals surface area contributed by atoms with E-state index in [-0.39, 0.29) is 42.5 Å². The molecular weight excluding hydrogens is 382 g/mol. The molecule has 8 nitrogen and oxygen atoms in total. The van der Waals surface area contributed by atoms with Gasteiger partial charge in [0.25, 0.3) is 5.91 Å². The average Bonchev–Trinajstić information content (AvgIpc) is 3.02. The Morgan fingerprint density at radius 3 is 2.68 bits per heavy atom. The lowest BCUT2D eigenvalue weighted by Crippen LogP contribution is -2.44. The van der Waals surface area contributed by atoms with Crippen molar-refractivity contribution in [2.24, 2.45) is 5.10 Å². The maximum Gasteiger partial charge on any atom is 0.267 e. The van der Waals surface area contributed by atoms with Gasteiger partial charge < -0.3 is 10.4 Å². The maximum absolute atomic E-state index is 12.4. The molecule has 2 aliphatic heterocycles. The van der Waals surface area contributed by atoms with Crippen molar-refractivity contribution in [1.82, 2.24) is 10.3 Å². The molecule has 1 aromatic rings. The fourth-order valence-electron chi connectivity index (χ4n) is 3.45. The van der Waals surface area contributed by atoms with E-state index in [1.54, 1.807) is 6.92 Å². The van der Waals surface area contributed by atoms with Crippen LogP contribution < -0.4 is 5.32 Å². The minimum atomic E-state index is -3.15. The van der Waals surface area contributed by atoms with E-state index in [2.05, 4.69) is 10.4 Å². The first-order valence-corrected chi connectivity index (χ1v) is 11.2. The van der Waals surface area contributed by atoms with Crippen LogP contribution in [0.4, 0.5) is 0 Å². The van der Waals surface area contributed by atoms with E-state index in [0.717, 1.165) is 5.56 Å². The molecule has 28 heavy (non-hydrogen) atoms. The van der Waals surface area contributed by atoms with Crippen LogP contribution in [0.15, 0.2) is 35.4 Å². The number of carbonyl (C=O) groups is 2. The minimum absolute atomic E-state index is 0.0348. The summed E-state index contributed by atoms with van der Waals surface area (Å²) >= 11 is 0. The highest BCUT2D eigenvalue weighted by Crippen LogP contribution is 2.24. The highest BCUT2D eigenvalue weighted by Gasteiger charge is 2.37. The summed E-state index contributed by atoms with van der Waals surface area (Å²) in [6.45, 7) is 1.93. The number of hydrogen-bond acceptors (Lipinski definition) is 6. The van der Waals surface area contributed by atoms with E-state index in [9.17, 15) is 23.1 Å². The molecule has 152 valence electrons. The Morgan fingerprint density at radius 2 is 2.04 bits per heavy atom. The molecular formula is C19H25N3O5S. The number of carbonyl (C=O) groups excluding carboxylic acids is 2. The molecule has 1 saturated heterocycles. The lowest BCUT2D eigenvalue weighted by molar-refractivity contribution is -0.133. The van der Waals surface area contributed by atoms with Crippen LogP contribution in [-0.2, 0) is 25.0 Å². The smallest absolute Gasteiger partial charge is 0.267 e. The Kier molecular flexibility index (Phi) is 5.85. The topological polar surface area (TPSA) is 116 Å². The van der Waals surface area contributed by atoms with Gasteiger partial charge >= 0.3 is 0 Å². The number of benzene rings is 1. The van der Waals surface area contributed by atoms with Gasteiger partial charge in [0.05, 0.1) is 23.1 Å². The Hall–Kier alpha value is -2.26. The number of nitrogens with zero attached hydrogens (tertiary/aromatic N) is 2. The fourth-order valence-corrected chi connectivity index (χ4v) is 5.14. The molecule has 0 radical (unpaired) electrons. The average molecular weight is 407 g/mol. The Labute approximate surface area is 164 Å². The van der Waals surface area contributed by atoms with Crippen LogP contribution in [0.1, 0.15) is 38.2 Å². The van der Waals surface area contributed by atoms with Crippen LogP contribution in [0.25, 0.3) is 0 Å². The van der Waals surface area contributed by atoms with Crippen molar-refractivity contribution in [3.8, 4) is 0 Å². The first-order valence-electron chi connectivity index (χ1n) is 9.34. The zero-order valence-electron chi connectivity index (χ0n) is 15.8. The number of hydrogen-bond donors (Lipinski definition) is 2. The zero-order chi connectivity index (χ0) is 20.4. The third kappa shape index (κ3) is 4.77. The highest BCUT2D eigenvalue weighted by atomic mass is 32.2. The zero-order valence-corrected chi connectivity index (χ0v) is 16.6. The summed E-state index contributed by atoms with van der Waals surface area (Å²) in [6.07, 6.45) is 1.01. The second kappa shape index (κ2) is 8.00. The van der Waals surface area contributed by atoms with Gasteiger partial charge in [0, 0.05) is 19.4 Å². The third-order valence-corrected chi connectivity index (χ3v) is 6.92. The highest BCUT2D eigenvalue weighted by molar-refractivity contribution is 7.91. The van der Waals surface area contributed by atoms with Crippen molar-refractivity contribution in [3.63, 3.8) is 0 Å². The molecule has 2 heterocycles. The second-order valence-corrected chi connectivity index (χ2v) is 9.72. The van der Waals surface area contributed by atoms with Gasteiger partial charge in [-0.3, -0.25) is 9.59 Å². The van der Waals surface area contributed by atoms with Gasteiger partial charge in [0.15, 0.2) is 9.84 Å². The summed E-state index contributed by atoms with van der Waals surface area (Å²) in [5.74, 6) is -0.739. The van der Waals surface area contributed by atoms with Gasteiger partial charge in [-0.1, -0.05) is 30.3 Å². The summed E-state index contributed by atoms with van der Waals surface area (Å²) in [5, 5.41) is 18.6. The summed E-state index contributed by atoms with van der Waals surface area (Å²) in [7, 11) is -3.15. The van der Waals surface area contributed by atoms with Crippen LogP contribution in [0.3, 0.4) is 0 Å². The van der Waals surface area contributed by atoms with Crippen molar-refractivity contribution < 1.29 is 23.1 Å². The number of hydrazone groups is 1. The van der Waals surface area contributed by atoms with Crippen LogP contribution in [0, 0.1) is 0 Å². The molecule has 0 bridgehead atoms. The SMILES string of the molecule is CC(O)(CCNC(=O)C1=NN(C2CCS(=O)(=O)C2)C(=O)CC1)c1ccccc1. The molecule has 0 aromatic heterocycles. The molecule has 0 saturated carbocycles. The van der Waals surface area contributed by atoms with Crippen molar-refractivity contribution in [3.05, 3.63) is 35.9 Å². The van der Waals surface area contributed by atoms with Gasteiger partial charge in [-0.2, -0.15) is 5.10 Å². The van der Waals surface area contributed by atoms with Gasteiger partial charge in [-0.25, -0.2) is 13.4 Å². The number of aliphatic hydroxyl groups is 1. The third-order valence-electron chi connectivity index (χ3n) is 5.17. The van der Waals surface area contributed by atoms with Crippen molar-refractivity contribution in [2.45, 2.75) is 44.2 Å². The minimum Gasteiger partial charge on any atom is -0.385 e. The summed E-state index contributed by atoms with van der Waals surface area (Å²) < 4.78 is 23.3. The Balaban J connectivity index is 1.59. The van der Waals surface area contributed by atoms with Crippen molar-refractivity contribution >= 4 is 27.4 Å². The van der Waals surface area contributed by atoms with E-state index in [0.29, 0.717) is 12.8 Å². The Morgan fingerprint density at radius 1 is 1.32 bits per heavy atom. The molecule has 2 aliphatic rings. The lowest BCUT2D eigenvalue weighted by atomic mass is 9.92. The van der Waals surface area contributed by atoms with E-state index >= 15 is 0 Å².